The van der Waals surface area contributed by atoms with Crippen molar-refractivity contribution in [3.8, 4) is 10.6 Å². The molecule has 1 aromatic carbocycles. The molecule has 0 aliphatic rings. The first-order valence-corrected chi connectivity index (χ1v) is 7.51. The Morgan fingerprint density at radius 3 is 2.64 bits per heavy atom. The van der Waals surface area contributed by atoms with E-state index in [1.54, 1.807) is 32.0 Å². The first kappa shape index (κ1) is 16.1. The second kappa shape index (κ2) is 6.65. The topological polar surface area (TPSA) is 70.5 Å². The minimum Gasteiger partial charge on any atom is -0.480 e. The van der Waals surface area contributed by atoms with Crippen LogP contribution in [0.2, 0.25) is 0 Å². The number of carbonyl (C=O) groups excluding carboxylic acids is 1. The van der Waals surface area contributed by atoms with Gasteiger partial charge in [0.15, 0.2) is 0 Å². The zero-order valence-electron chi connectivity index (χ0n) is 12.1. The molecule has 2 aromatic rings. The van der Waals surface area contributed by atoms with Gasteiger partial charge < -0.3 is 10.0 Å². The number of rotatable bonds is 5. The molecule has 5 nitrogen and oxygen atoms in total. The van der Waals surface area contributed by atoms with Crippen molar-refractivity contribution in [2.24, 2.45) is 0 Å². The highest BCUT2D eigenvalue weighted by molar-refractivity contribution is 7.13. The second-order valence-electron chi connectivity index (χ2n) is 4.94. The van der Waals surface area contributed by atoms with Crippen LogP contribution in [0, 0.1) is 5.82 Å². The quantitative estimate of drug-likeness (QED) is 0.919. The number of hydrogen-bond donors (Lipinski definition) is 1. The molecule has 0 aliphatic carbocycles. The molecule has 0 spiro atoms. The lowest BCUT2D eigenvalue weighted by Gasteiger charge is -2.23. The molecule has 1 heterocycles. The van der Waals surface area contributed by atoms with Crippen molar-refractivity contribution < 1.29 is 19.1 Å². The minimum atomic E-state index is -1.09. The van der Waals surface area contributed by atoms with Crippen LogP contribution in [0.15, 0.2) is 29.6 Å². The van der Waals surface area contributed by atoms with Crippen LogP contribution in [0.3, 0.4) is 0 Å². The van der Waals surface area contributed by atoms with Gasteiger partial charge in [-0.25, -0.2) is 9.37 Å². The molecule has 2 rings (SSSR count). The van der Waals surface area contributed by atoms with Crippen molar-refractivity contribution in [3.05, 3.63) is 41.2 Å². The Kier molecular flexibility index (Phi) is 4.87. The summed E-state index contributed by atoms with van der Waals surface area (Å²) in [5.74, 6) is -1.98. The Hall–Kier alpha value is -2.28. The molecule has 7 heteroatoms. The maximum Gasteiger partial charge on any atom is 0.323 e. The van der Waals surface area contributed by atoms with E-state index in [0.717, 1.165) is 11.3 Å². The lowest BCUT2D eigenvalue weighted by atomic mass is 10.2. The summed E-state index contributed by atoms with van der Waals surface area (Å²) in [4.78, 5) is 28.6. The highest BCUT2D eigenvalue weighted by atomic mass is 32.1. The SMILES string of the molecule is CC(C)N(CC(=O)O)C(=O)c1csc(-c2ccccc2F)n1. The molecule has 116 valence electrons. The fourth-order valence-electron chi connectivity index (χ4n) is 1.91. The van der Waals surface area contributed by atoms with E-state index in [-0.39, 0.29) is 11.7 Å². The standard InChI is InChI=1S/C15H15FN2O3S/c1-9(2)18(7-13(19)20)15(21)12-8-22-14(17-12)10-5-3-4-6-11(10)16/h3-6,8-9H,7H2,1-2H3,(H,19,20). The lowest BCUT2D eigenvalue weighted by molar-refractivity contribution is -0.138. The molecule has 0 aliphatic heterocycles. The number of halogens is 1. The molecule has 0 saturated carbocycles. The second-order valence-corrected chi connectivity index (χ2v) is 5.80. The van der Waals surface area contributed by atoms with E-state index in [0.29, 0.717) is 10.6 Å². The van der Waals surface area contributed by atoms with Gasteiger partial charge in [-0.05, 0) is 26.0 Å². The van der Waals surface area contributed by atoms with Crippen LogP contribution in [0.1, 0.15) is 24.3 Å². The molecule has 0 radical (unpaired) electrons. The average Bonchev–Trinajstić information content (AvgIpc) is 2.93. The Morgan fingerprint density at radius 1 is 1.36 bits per heavy atom. The van der Waals surface area contributed by atoms with Crippen LogP contribution in [0.4, 0.5) is 4.39 Å². The third-order valence-electron chi connectivity index (χ3n) is 3.02. The van der Waals surface area contributed by atoms with E-state index >= 15 is 0 Å². The number of carboxylic acid groups (broad SMARTS) is 1. The van der Waals surface area contributed by atoms with Gasteiger partial charge in [-0.15, -0.1) is 11.3 Å². The molecule has 0 unspecified atom stereocenters. The largest absolute Gasteiger partial charge is 0.480 e. The monoisotopic (exact) mass is 322 g/mol. The predicted octanol–water partition coefficient (Wildman–Crippen LogP) is 2.88. The van der Waals surface area contributed by atoms with Gasteiger partial charge in [0.25, 0.3) is 5.91 Å². The first-order valence-electron chi connectivity index (χ1n) is 6.63. The van der Waals surface area contributed by atoms with Gasteiger partial charge in [0.2, 0.25) is 0 Å². The number of carboxylic acids is 1. The average molecular weight is 322 g/mol. The molecular weight excluding hydrogens is 307 g/mol. The van der Waals surface area contributed by atoms with Crippen LogP contribution in [0.5, 0.6) is 0 Å². The molecule has 0 atom stereocenters. The van der Waals surface area contributed by atoms with Crippen LogP contribution < -0.4 is 0 Å². The maximum atomic E-state index is 13.7. The molecule has 0 fully saturated rings. The van der Waals surface area contributed by atoms with Crippen molar-refractivity contribution in [3.63, 3.8) is 0 Å². The highest BCUT2D eigenvalue weighted by Gasteiger charge is 2.24. The lowest BCUT2D eigenvalue weighted by Crippen LogP contribution is -2.40. The van der Waals surface area contributed by atoms with Crippen molar-refractivity contribution in [1.29, 1.82) is 0 Å². The van der Waals surface area contributed by atoms with E-state index in [4.69, 9.17) is 5.11 Å². The van der Waals surface area contributed by atoms with Gasteiger partial charge >= 0.3 is 5.97 Å². The number of hydrogen-bond acceptors (Lipinski definition) is 4. The number of benzene rings is 1. The third kappa shape index (κ3) is 3.48. The minimum absolute atomic E-state index is 0.123. The smallest absolute Gasteiger partial charge is 0.323 e. The molecule has 22 heavy (non-hydrogen) atoms. The summed E-state index contributed by atoms with van der Waals surface area (Å²) in [6.45, 7) is 3.05. The molecule has 1 amide bonds. The first-order chi connectivity index (χ1) is 10.4. The number of carbonyl (C=O) groups is 2. The fraction of sp³-hybridized carbons (Fsp3) is 0.267. The van der Waals surface area contributed by atoms with Crippen LogP contribution in [-0.2, 0) is 4.79 Å². The van der Waals surface area contributed by atoms with Crippen molar-refractivity contribution in [1.82, 2.24) is 9.88 Å². The fourth-order valence-corrected chi connectivity index (χ4v) is 2.73. The summed E-state index contributed by atoms with van der Waals surface area (Å²) in [5.41, 5.74) is 0.444. The van der Waals surface area contributed by atoms with Gasteiger partial charge in [-0.3, -0.25) is 9.59 Å². The zero-order chi connectivity index (χ0) is 16.3. The summed E-state index contributed by atoms with van der Waals surface area (Å²) < 4.78 is 13.7. The number of amides is 1. The Labute approximate surface area is 131 Å². The van der Waals surface area contributed by atoms with Crippen LogP contribution >= 0.6 is 11.3 Å². The van der Waals surface area contributed by atoms with E-state index in [9.17, 15) is 14.0 Å². The van der Waals surface area contributed by atoms with Gasteiger partial charge in [-0.2, -0.15) is 0 Å². The Morgan fingerprint density at radius 2 is 2.05 bits per heavy atom. The normalized spacial score (nSPS) is 10.7. The summed E-state index contributed by atoms with van der Waals surface area (Å²) in [6.07, 6.45) is 0. The molecule has 1 aromatic heterocycles. The molecule has 0 saturated heterocycles. The van der Waals surface area contributed by atoms with E-state index in [2.05, 4.69) is 4.98 Å². The molecule has 1 N–H and O–H groups in total. The predicted molar refractivity (Wildman–Crippen MR) is 81.3 cm³/mol. The van der Waals surface area contributed by atoms with Crippen LogP contribution in [0.25, 0.3) is 10.6 Å². The third-order valence-corrected chi connectivity index (χ3v) is 3.89. The number of aliphatic carboxylic acids is 1. The molecular formula is C15H15FN2O3S. The zero-order valence-corrected chi connectivity index (χ0v) is 12.9. The number of aromatic nitrogens is 1. The van der Waals surface area contributed by atoms with Gasteiger partial charge in [0.05, 0.1) is 0 Å². The molecule has 0 bridgehead atoms. The highest BCUT2D eigenvalue weighted by Crippen LogP contribution is 2.26. The summed E-state index contributed by atoms with van der Waals surface area (Å²) in [6, 6.07) is 5.89. The van der Waals surface area contributed by atoms with Crippen molar-refractivity contribution in [2.75, 3.05) is 6.54 Å². The Bertz CT molecular complexity index is 700. The summed E-state index contributed by atoms with van der Waals surface area (Å²) in [5, 5.41) is 10.8. The van der Waals surface area contributed by atoms with Gasteiger partial charge in [0, 0.05) is 17.0 Å². The summed E-state index contributed by atoms with van der Waals surface area (Å²) in [7, 11) is 0. The van der Waals surface area contributed by atoms with Crippen molar-refractivity contribution in [2.45, 2.75) is 19.9 Å². The van der Waals surface area contributed by atoms with E-state index < -0.39 is 24.2 Å². The van der Waals surface area contributed by atoms with Gasteiger partial charge in [-0.1, -0.05) is 12.1 Å². The van der Waals surface area contributed by atoms with E-state index in [1.165, 1.54) is 16.3 Å². The number of nitrogens with zero attached hydrogens (tertiary/aromatic N) is 2. The summed E-state index contributed by atoms with van der Waals surface area (Å²) >= 11 is 1.15. The van der Waals surface area contributed by atoms with Crippen molar-refractivity contribution >= 4 is 23.2 Å². The van der Waals surface area contributed by atoms with Gasteiger partial charge in [0.1, 0.15) is 23.1 Å². The van der Waals surface area contributed by atoms with Crippen LogP contribution in [-0.4, -0.2) is 39.5 Å². The Balaban J connectivity index is 2.29. The number of thiazole rings is 1. The van der Waals surface area contributed by atoms with E-state index in [1.807, 2.05) is 0 Å². The maximum absolute atomic E-state index is 13.7.